The number of hydrogen-bond donors (Lipinski definition) is 0. The first-order valence-electron chi connectivity index (χ1n) is 6.09. The molecule has 0 aliphatic heterocycles. The smallest absolute Gasteiger partial charge is 0.0853 e. The highest BCUT2D eigenvalue weighted by Crippen LogP contribution is 2.78. The molecule has 0 aromatic carbocycles. The number of nitriles is 2. The molecule has 3 aliphatic carbocycles. The Balaban J connectivity index is 2.27. The first kappa shape index (κ1) is 9.91. The Morgan fingerprint density at radius 3 is 2.50 bits per heavy atom. The van der Waals surface area contributed by atoms with Crippen molar-refractivity contribution in [2.75, 3.05) is 0 Å². The van der Waals surface area contributed by atoms with Crippen LogP contribution in [0.4, 0.5) is 0 Å². The van der Waals surface area contributed by atoms with Crippen LogP contribution in [-0.2, 0) is 0 Å². The van der Waals surface area contributed by atoms with Gasteiger partial charge in [0.1, 0.15) is 0 Å². The van der Waals surface area contributed by atoms with Crippen LogP contribution in [0, 0.1) is 44.8 Å². The molecule has 0 unspecified atom stereocenters. The maximum Gasteiger partial charge on any atom is 0.0853 e. The average Bonchev–Trinajstić information content (AvgIpc) is 2.71. The number of rotatable bonds is 0. The van der Waals surface area contributed by atoms with Crippen molar-refractivity contribution in [2.45, 2.75) is 39.5 Å². The summed E-state index contributed by atoms with van der Waals surface area (Å²) in [4.78, 5) is 0. The van der Waals surface area contributed by atoms with Gasteiger partial charge in [-0.1, -0.05) is 25.5 Å². The molecule has 0 amide bonds. The molecule has 3 aliphatic rings. The standard InChI is InChI=1S/C14H16N2/c1-12(2)10-4-3-5-11(10)13(8-15)6-7-14(12,13)9-16/h4,11H,3,5-7H2,1-2H3/t11-,13+,14-/m1/s1. The summed E-state index contributed by atoms with van der Waals surface area (Å²) in [5.41, 5.74) is 0.518. The highest BCUT2D eigenvalue weighted by atomic mass is 14.8. The van der Waals surface area contributed by atoms with Crippen molar-refractivity contribution in [3.8, 4) is 12.1 Å². The van der Waals surface area contributed by atoms with Gasteiger partial charge in [0.15, 0.2) is 0 Å². The van der Waals surface area contributed by atoms with Crippen LogP contribution in [0.1, 0.15) is 39.5 Å². The van der Waals surface area contributed by atoms with Gasteiger partial charge >= 0.3 is 0 Å². The summed E-state index contributed by atoms with van der Waals surface area (Å²) in [6.07, 6.45) is 6.28. The van der Waals surface area contributed by atoms with Crippen LogP contribution >= 0.6 is 0 Å². The molecule has 0 heterocycles. The lowest BCUT2D eigenvalue weighted by Crippen LogP contribution is -2.53. The Hall–Kier alpha value is -1.28. The lowest BCUT2D eigenvalue weighted by Gasteiger charge is -2.53. The zero-order chi connectivity index (χ0) is 11.6. The van der Waals surface area contributed by atoms with Crippen molar-refractivity contribution in [1.29, 1.82) is 10.5 Å². The van der Waals surface area contributed by atoms with E-state index in [4.69, 9.17) is 0 Å². The van der Waals surface area contributed by atoms with Gasteiger partial charge in [-0.05, 0) is 25.7 Å². The second kappa shape index (κ2) is 2.51. The van der Waals surface area contributed by atoms with Crippen LogP contribution in [0.5, 0.6) is 0 Å². The van der Waals surface area contributed by atoms with Crippen LogP contribution in [0.25, 0.3) is 0 Å². The molecule has 3 rings (SSSR count). The van der Waals surface area contributed by atoms with Crippen LogP contribution in [0.15, 0.2) is 11.6 Å². The van der Waals surface area contributed by atoms with Gasteiger partial charge in [-0.3, -0.25) is 0 Å². The molecule has 0 spiro atoms. The number of fused-ring (bicyclic) bond motifs is 3. The van der Waals surface area contributed by atoms with Crippen LogP contribution < -0.4 is 0 Å². The van der Waals surface area contributed by atoms with Gasteiger partial charge < -0.3 is 0 Å². The summed E-state index contributed by atoms with van der Waals surface area (Å²) >= 11 is 0. The van der Waals surface area contributed by atoms with Crippen LogP contribution in [0.3, 0.4) is 0 Å². The minimum atomic E-state index is -0.411. The zero-order valence-electron chi connectivity index (χ0n) is 9.88. The van der Waals surface area contributed by atoms with Gasteiger partial charge in [-0.15, -0.1) is 0 Å². The Bertz CT molecular complexity index is 474. The number of hydrogen-bond acceptors (Lipinski definition) is 2. The van der Waals surface area contributed by atoms with E-state index in [9.17, 15) is 10.5 Å². The quantitative estimate of drug-likeness (QED) is 0.579. The molecule has 0 N–H and O–H groups in total. The van der Waals surface area contributed by atoms with E-state index >= 15 is 0 Å². The van der Waals surface area contributed by atoms with Crippen molar-refractivity contribution in [2.24, 2.45) is 22.2 Å². The van der Waals surface area contributed by atoms with E-state index in [0.29, 0.717) is 5.92 Å². The molecule has 2 nitrogen and oxygen atoms in total. The second-order valence-electron chi connectivity index (χ2n) is 6.01. The summed E-state index contributed by atoms with van der Waals surface area (Å²) in [5.74, 6) is 0.362. The van der Waals surface area contributed by atoms with Gasteiger partial charge in [-0.2, -0.15) is 10.5 Å². The predicted octanol–water partition coefficient (Wildman–Crippen LogP) is 3.18. The highest BCUT2D eigenvalue weighted by Gasteiger charge is 2.76. The second-order valence-corrected chi connectivity index (χ2v) is 6.01. The Morgan fingerprint density at radius 1 is 1.25 bits per heavy atom. The van der Waals surface area contributed by atoms with Crippen molar-refractivity contribution >= 4 is 0 Å². The van der Waals surface area contributed by atoms with E-state index in [-0.39, 0.29) is 10.8 Å². The van der Waals surface area contributed by atoms with Gasteiger partial charge in [0.05, 0.1) is 23.0 Å². The van der Waals surface area contributed by atoms with E-state index in [1.807, 2.05) is 0 Å². The molecule has 2 heteroatoms. The normalized spacial score (nSPS) is 47.0. The molecule has 2 fully saturated rings. The maximum absolute atomic E-state index is 9.61. The zero-order valence-corrected chi connectivity index (χ0v) is 9.88. The van der Waals surface area contributed by atoms with E-state index in [2.05, 4.69) is 32.1 Å². The third kappa shape index (κ3) is 0.653. The first-order valence-corrected chi connectivity index (χ1v) is 6.09. The number of nitrogens with zero attached hydrogens (tertiary/aromatic N) is 2. The molecule has 0 aromatic rings. The van der Waals surface area contributed by atoms with Gasteiger partial charge in [0.25, 0.3) is 0 Å². The monoisotopic (exact) mass is 212 g/mol. The molecule has 0 saturated heterocycles. The fourth-order valence-corrected chi connectivity index (χ4v) is 4.66. The van der Waals surface area contributed by atoms with E-state index in [1.165, 1.54) is 5.57 Å². The fourth-order valence-electron chi connectivity index (χ4n) is 4.66. The fraction of sp³-hybridized carbons (Fsp3) is 0.714. The largest absolute Gasteiger partial charge is 0.198 e. The third-order valence-corrected chi connectivity index (χ3v) is 5.62. The summed E-state index contributed by atoms with van der Waals surface area (Å²) in [6.45, 7) is 4.33. The van der Waals surface area contributed by atoms with Crippen molar-refractivity contribution in [1.82, 2.24) is 0 Å². The van der Waals surface area contributed by atoms with E-state index in [0.717, 1.165) is 25.7 Å². The molecular weight excluding hydrogens is 196 g/mol. The van der Waals surface area contributed by atoms with Crippen molar-refractivity contribution in [3.05, 3.63) is 11.6 Å². The average molecular weight is 212 g/mol. The van der Waals surface area contributed by atoms with Gasteiger partial charge in [0, 0.05) is 11.3 Å². The Morgan fingerprint density at radius 2 is 2.00 bits per heavy atom. The molecule has 0 bridgehead atoms. The third-order valence-electron chi connectivity index (χ3n) is 5.62. The molecule has 3 atom stereocenters. The van der Waals surface area contributed by atoms with E-state index < -0.39 is 5.41 Å². The molecule has 2 saturated carbocycles. The Labute approximate surface area is 96.6 Å². The summed E-state index contributed by atoms with van der Waals surface area (Å²) in [6, 6.07) is 5.06. The summed E-state index contributed by atoms with van der Waals surface area (Å²) in [7, 11) is 0. The lowest BCUT2D eigenvalue weighted by molar-refractivity contribution is -0.0356. The summed E-state index contributed by atoms with van der Waals surface area (Å²) in [5, 5.41) is 19.2. The van der Waals surface area contributed by atoms with Gasteiger partial charge in [0.2, 0.25) is 0 Å². The topological polar surface area (TPSA) is 47.6 Å². The van der Waals surface area contributed by atoms with Gasteiger partial charge in [-0.25, -0.2) is 0 Å². The van der Waals surface area contributed by atoms with Crippen LogP contribution in [0.2, 0.25) is 0 Å². The van der Waals surface area contributed by atoms with Crippen LogP contribution in [-0.4, -0.2) is 0 Å². The van der Waals surface area contributed by atoms with E-state index in [1.54, 1.807) is 0 Å². The van der Waals surface area contributed by atoms with Crippen molar-refractivity contribution < 1.29 is 0 Å². The Kier molecular flexibility index (Phi) is 1.56. The maximum atomic E-state index is 9.61. The minimum absolute atomic E-state index is 0.100. The molecular formula is C14H16N2. The molecule has 0 radical (unpaired) electrons. The SMILES string of the molecule is CC1(C)C2=CCC[C@H]2[C@@]2(C#N)CC[C@@]12C#N. The first-order chi connectivity index (χ1) is 7.56. The molecule has 82 valence electrons. The summed E-state index contributed by atoms with van der Waals surface area (Å²) < 4.78 is 0. The minimum Gasteiger partial charge on any atom is -0.198 e. The van der Waals surface area contributed by atoms with Crippen molar-refractivity contribution in [3.63, 3.8) is 0 Å². The number of allylic oxidation sites excluding steroid dienone is 2. The highest BCUT2D eigenvalue weighted by molar-refractivity contribution is 5.47. The molecule has 16 heavy (non-hydrogen) atoms. The predicted molar refractivity (Wildman–Crippen MR) is 59.9 cm³/mol. The lowest BCUT2D eigenvalue weighted by atomic mass is 9.45. The molecule has 0 aromatic heterocycles.